The summed E-state index contributed by atoms with van der Waals surface area (Å²) < 4.78 is 1.91. The average molecular weight is 203 g/mol. The number of rotatable bonds is 2. The van der Waals surface area contributed by atoms with E-state index in [4.69, 9.17) is 5.73 Å². The largest absolute Gasteiger partial charge is 0.384 e. The predicted molar refractivity (Wildman–Crippen MR) is 59.4 cm³/mol. The third-order valence-corrected chi connectivity index (χ3v) is 2.16. The standard InChI is InChI=1S/C10H13N5/c1-7-3-4-8(2)15(7)14-10-12-6-5-9(11)13-10/h3-6H,1-2H3,(H3,11,12,13,14). The molecule has 0 radical (unpaired) electrons. The van der Waals surface area contributed by atoms with E-state index in [0.29, 0.717) is 11.8 Å². The van der Waals surface area contributed by atoms with Crippen LogP contribution in [0.15, 0.2) is 24.4 Å². The van der Waals surface area contributed by atoms with Crippen LogP contribution < -0.4 is 11.2 Å². The molecular formula is C10H13N5. The molecular weight excluding hydrogens is 190 g/mol. The lowest BCUT2D eigenvalue weighted by molar-refractivity contribution is 0.857. The molecule has 3 N–H and O–H groups in total. The number of aromatic nitrogens is 3. The second kappa shape index (κ2) is 3.61. The summed E-state index contributed by atoms with van der Waals surface area (Å²) in [6, 6.07) is 5.70. The van der Waals surface area contributed by atoms with E-state index in [-0.39, 0.29) is 0 Å². The lowest BCUT2D eigenvalue weighted by Crippen LogP contribution is -2.14. The zero-order valence-corrected chi connectivity index (χ0v) is 8.73. The average Bonchev–Trinajstić information content (AvgIpc) is 2.50. The fourth-order valence-electron chi connectivity index (χ4n) is 1.37. The number of hydrogen-bond acceptors (Lipinski definition) is 4. The molecule has 0 unspecified atom stereocenters. The summed E-state index contributed by atoms with van der Waals surface area (Å²) in [5.74, 6) is 0.951. The lowest BCUT2D eigenvalue weighted by Gasteiger charge is -2.10. The van der Waals surface area contributed by atoms with Gasteiger partial charge in [0.2, 0.25) is 5.95 Å². The molecule has 2 aromatic rings. The summed E-state index contributed by atoms with van der Waals surface area (Å²) in [7, 11) is 0. The van der Waals surface area contributed by atoms with Gasteiger partial charge in [0.15, 0.2) is 0 Å². The van der Waals surface area contributed by atoms with Crippen molar-refractivity contribution >= 4 is 11.8 Å². The molecule has 0 aliphatic carbocycles. The number of nitrogens with one attached hydrogen (secondary N) is 1. The Labute approximate surface area is 87.9 Å². The van der Waals surface area contributed by atoms with Crippen LogP contribution in [-0.2, 0) is 0 Å². The summed E-state index contributed by atoms with van der Waals surface area (Å²) >= 11 is 0. The molecule has 0 spiro atoms. The second-order valence-electron chi connectivity index (χ2n) is 3.37. The fraction of sp³-hybridized carbons (Fsp3) is 0.200. The van der Waals surface area contributed by atoms with Crippen molar-refractivity contribution in [1.29, 1.82) is 0 Å². The molecule has 5 nitrogen and oxygen atoms in total. The molecule has 0 aliphatic rings. The van der Waals surface area contributed by atoms with Gasteiger partial charge in [-0.05, 0) is 32.0 Å². The summed E-state index contributed by atoms with van der Waals surface area (Å²) in [6.45, 7) is 4.01. The first-order valence-corrected chi connectivity index (χ1v) is 4.67. The van der Waals surface area contributed by atoms with Crippen molar-refractivity contribution < 1.29 is 0 Å². The molecule has 0 atom stereocenters. The van der Waals surface area contributed by atoms with Gasteiger partial charge in [0.25, 0.3) is 0 Å². The van der Waals surface area contributed by atoms with Gasteiger partial charge < -0.3 is 5.73 Å². The first kappa shape index (κ1) is 9.51. The van der Waals surface area contributed by atoms with Crippen molar-refractivity contribution in [3.05, 3.63) is 35.8 Å². The van der Waals surface area contributed by atoms with Crippen molar-refractivity contribution in [2.75, 3.05) is 11.2 Å². The van der Waals surface area contributed by atoms with E-state index in [1.807, 2.05) is 30.7 Å². The van der Waals surface area contributed by atoms with E-state index >= 15 is 0 Å². The van der Waals surface area contributed by atoms with E-state index in [0.717, 1.165) is 11.4 Å². The van der Waals surface area contributed by atoms with Crippen LogP contribution in [-0.4, -0.2) is 14.6 Å². The summed E-state index contributed by atoms with van der Waals surface area (Å²) in [4.78, 5) is 8.14. The van der Waals surface area contributed by atoms with Crippen LogP contribution in [0.25, 0.3) is 0 Å². The molecule has 0 fully saturated rings. The van der Waals surface area contributed by atoms with Gasteiger partial charge >= 0.3 is 0 Å². The Bertz CT molecular complexity index is 455. The molecule has 0 saturated carbocycles. The molecule has 0 bridgehead atoms. The van der Waals surface area contributed by atoms with Crippen LogP contribution in [0.5, 0.6) is 0 Å². The molecule has 0 saturated heterocycles. The molecule has 0 amide bonds. The Morgan fingerprint density at radius 2 is 1.87 bits per heavy atom. The Balaban J connectivity index is 2.29. The molecule has 5 heteroatoms. The Hall–Kier alpha value is -2.04. The second-order valence-corrected chi connectivity index (χ2v) is 3.37. The topological polar surface area (TPSA) is 68.8 Å². The number of nitrogens with zero attached hydrogens (tertiary/aromatic N) is 3. The number of nitrogen functional groups attached to an aromatic ring is 1. The van der Waals surface area contributed by atoms with Crippen molar-refractivity contribution in [3.8, 4) is 0 Å². The summed E-state index contributed by atoms with van der Waals surface area (Å²) in [5.41, 5.74) is 10.8. The minimum Gasteiger partial charge on any atom is -0.384 e. The first-order valence-electron chi connectivity index (χ1n) is 4.67. The highest BCUT2D eigenvalue weighted by molar-refractivity contribution is 5.36. The predicted octanol–water partition coefficient (Wildman–Crippen LogP) is 1.35. The Morgan fingerprint density at radius 3 is 2.47 bits per heavy atom. The highest BCUT2D eigenvalue weighted by atomic mass is 15.5. The maximum atomic E-state index is 5.56. The van der Waals surface area contributed by atoms with Gasteiger partial charge in [-0.25, -0.2) is 4.98 Å². The third kappa shape index (κ3) is 1.90. The molecule has 0 aromatic carbocycles. The minimum absolute atomic E-state index is 0.454. The van der Waals surface area contributed by atoms with Crippen LogP contribution in [0.4, 0.5) is 11.8 Å². The third-order valence-electron chi connectivity index (χ3n) is 2.16. The van der Waals surface area contributed by atoms with Crippen LogP contribution in [0, 0.1) is 13.8 Å². The number of hydrogen-bond donors (Lipinski definition) is 2. The van der Waals surface area contributed by atoms with Crippen LogP contribution in [0.3, 0.4) is 0 Å². The monoisotopic (exact) mass is 203 g/mol. The molecule has 2 heterocycles. The zero-order valence-electron chi connectivity index (χ0n) is 8.73. The minimum atomic E-state index is 0.454. The lowest BCUT2D eigenvalue weighted by atomic mass is 10.5. The van der Waals surface area contributed by atoms with Crippen LogP contribution in [0.2, 0.25) is 0 Å². The molecule has 78 valence electrons. The Morgan fingerprint density at radius 1 is 1.20 bits per heavy atom. The Kier molecular flexibility index (Phi) is 2.29. The van der Waals surface area contributed by atoms with Gasteiger partial charge in [-0.3, -0.25) is 10.1 Å². The maximum Gasteiger partial charge on any atom is 0.244 e. The normalized spacial score (nSPS) is 10.3. The van der Waals surface area contributed by atoms with E-state index in [9.17, 15) is 0 Å². The first-order chi connectivity index (χ1) is 7.16. The van der Waals surface area contributed by atoms with E-state index in [1.165, 1.54) is 0 Å². The molecule has 2 aromatic heterocycles. The van der Waals surface area contributed by atoms with E-state index in [1.54, 1.807) is 12.3 Å². The molecule has 15 heavy (non-hydrogen) atoms. The number of nitrogens with two attached hydrogens (primary N) is 1. The van der Waals surface area contributed by atoms with Gasteiger partial charge in [0.1, 0.15) is 5.82 Å². The highest BCUT2D eigenvalue weighted by Crippen LogP contribution is 2.08. The van der Waals surface area contributed by atoms with Crippen LogP contribution in [0.1, 0.15) is 11.4 Å². The van der Waals surface area contributed by atoms with Gasteiger partial charge in [-0.1, -0.05) is 0 Å². The van der Waals surface area contributed by atoms with Crippen molar-refractivity contribution in [2.45, 2.75) is 13.8 Å². The SMILES string of the molecule is Cc1ccc(C)n1Nc1nccc(N)n1. The van der Waals surface area contributed by atoms with Gasteiger partial charge in [-0.15, -0.1) is 0 Å². The van der Waals surface area contributed by atoms with Crippen molar-refractivity contribution in [2.24, 2.45) is 0 Å². The quantitative estimate of drug-likeness (QED) is 0.773. The van der Waals surface area contributed by atoms with Gasteiger partial charge in [-0.2, -0.15) is 4.98 Å². The highest BCUT2D eigenvalue weighted by Gasteiger charge is 2.02. The van der Waals surface area contributed by atoms with Crippen molar-refractivity contribution in [3.63, 3.8) is 0 Å². The zero-order chi connectivity index (χ0) is 10.8. The molecule has 2 rings (SSSR count). The summed E-state index contributed by atoms with van der Waals surface area (Å²) in [5, 5.41) is 0. The van der Waals surface area contributed by atoms with E-state index < -0.39 is 0 Å². The maximum absolute atomic E-state index is 5.56. The summed E-state index contributed by atoms with van der Waals surface area (Å²) in [6.07, 6.45) is 1.62. The molecule has 0 aliphatic heterocycles. The van der Waals surface area contributed by atoms with Gasteiger partial charge in [0.05, 0.1) is 0 Å². The fourth-order valence-corrected chi connectivity index (χ4v) is 1.37. The number of anilines is 2. The smallest absolute Gasteiger partial charge is 0.244 e. The van der Waals surface area contributed by atoms with Crippen molar-refractivity contribution in [1.82, 2.24) is 14.6 Å². The van der Waals surface area contributed by atoms with Gasteiger partial charge in [0, 0.05) is 17.6 Å². The van der Waals surface area contributed by atoms with Crippen LogP contribution >= 0.6 is 0 Å². The van der Waals surface area contributed by atoms with E-state index in [2.05, 4.69) is 15.4 Å². The number of aryl methyl sites for hydroxylation is 2.